The molecule has 0 saturated heterocycles. The van der Waals surface area contributed by atoms with Gasteiger partial charge in [-0.3, -0.25) is 9.59 Å². The molecule has 90 heavy (non-hydrogen) atoms. The van der Waals surface area contributed by atoms with E-state index in [-0.39, 0.29) is 16.9 Å². The molecule has 0 radical (unpaired) electrons. The Hall–Kier alpha value is -10.2. The first-order valence-corrected chi connectivity index (χ1v) is 30.1. The number of aromatic nitrogens is 18. The first kappa shape index (κ1) is 62.8. The number of aromatic amines is 3. The lowest BCUT2D eigenvalue weighted by atomic mass is 9.98. The molecular weight excluding hydrogens is 1200 g/mol. The fourth-order valence-electron chi connectivity index (χ4n) is 10.1. The van der Waals surface area contributed by atoms with Gasteiger partial charge >= 0.3 is 0 Å². The van der Waals surface area contributed by atoms with Gasteiger partial charge in [0.25, 0.3) is 0 Å². The van der Waals surface area contributed by atoms with Crippen LogP contribution in [0.15, 0.2) is 158 Å². The Balaban J connectivity index is 0.000000148. The molecule has 12 rings (SSSR count). The topological polar surface area (TPSA) is 271 Å². The predicted octanol–water partition coefficient (Wildman–Crippen LogP) is 13.6. The summed E-state index contributed by atoms with van der Waals surface area (Å²) in [6.07, 6.45) is 14.0. The largest absolute Gasteiger partial charge is 0.390 e. The molecule has 0 bridgehead atoms. The number of carbonyl (C=O) groups is 2. The van der Waals surface area contributed by atoms with Gasteiger partial charge in [-0.15, -0.1) is 30.6 Å². The van der Waals surface area contributed by atoms with Gasteiger partial charge in [-0.1, -0.05) is 220 Å². The summed E-state index contributed by atoms with van der Waals surface area (Å²) in [5.74, 6) is 3.90. The summed E-state index contributed by atoms with van der Waals surface area (Å²) in [6.45, 7) is 7.65. The number of aryl methyl sites for hydroxylation is 1. The second kappa shape index (κ2) is 30.6. The average Bonchev–Trinajstić information content (AvgIpc) is 1.94. The van der Waals surface area contributed by atoms with E-state index in [0.717, 1.165) is 123 Å². The molecule has 0 unspecified atom stereocenters. The van der Waals surface area contributed by atoms with Gasteiger partial charge in [0.1, 0.15) is 28.9 Å². The number of aliphatic hydroxyl groups excluding tert-OH is 1. The van der Waals surface area contributed by atoms with Gasteiger partial charge in [-0.05, 0) is 97.1 Å². The molecule has 0 aliphatic heterocycles. The maximum Gasteiger partial charge on any atom is 0.205 e. The van der Waals surface area contributed by atoms with Crippen molar-refractivity contribution in [1.82, 2.24) is 90.5 Å². The minimum Gasteiger partial charge on any atom is -0.390 e. The van der Waals surface area contributed by atoms with E-state index in [2.05, 4.69) is 139 Å². The first-order valence-electron chi connectivity index (χ1n) is 29.0. The number of aldehydes is 2. The second-order valence-corrected chi connectivity index (χ2v) is 21.4. The summed E-state index contributed by atoms with van der Waals surface area (Å²) in [7, 11) is 0. The lowest BCUT2D eigenvalue weighted by molar-refractivity contribution is 0.110. The van der Waals surface area contributed by atoms with Crippen molar-refractivity contribution >= 4 is 59.5 Å². The molecule has 12 aromatic rings. The van der Waals surface area contributed by atoms with E-state index < -0.39 is 0 Å². The summed E-state index contributed by atoms with van der Waals surface area (Å²) in [5.41, 5.74) is 13.5. The number of rotatable bonds is 22. The Morgan fingerprint density at radius 2 is 0.822 bits per heavy atom. The van der Waals surface area contributed by atoms with Crippen LogP contribution in [0.2, 0.25) is 15.5 Å². The number of unbranched alkanes of at least 4 members (excludes halogenated alkanes) is 1. The van der Waals surface area contributed by atoms with Crippen LogP contribution in [0.1, 0.15) is 107 Å². The number of hydrogen-bond donors (Lipinski definition) is 4. The number of halogens is 3. The summed E-state index contributed by atoms with van der Waals surface area (Å²) in [4.78, 5) is 36.2. The smallest absolute Gasteiger partial charge is 0.205 e. The van der Waals surface area contributed by atoms with Crippen LogP contribution in [-0.4, -0.2) is 108 Å². The van der Waals surface area contributed by atoms with Crippen molar-refractivity contribution in [3.8, 4) is 67.5 Å². The number of aliphatic hydroxyl groups is 1. The number of carbonyl (C=O) groups excluding carboxylic acids is 2. The highest BCUT2D eigenvalue weighted by Gasteiger charge is 2.20. The summed E-state index contributed by atoms with van der Waals surface area (Å²) < 4.78 is 5.67. The van der Waals surface area contributed by atoms with E-state index in [1.165, 1.54) is 0 Å². The SMILES string of the molecule is CC/C=C/c1nc(Cl)c(C=O)n1Cc1ccc(-c2ccccc2-c2nn[nH]n2)cc1.CC/C=C/c1nc(Cl)c(CO)n1Cc1ccc(-c2ccccc2-c2nn[nH]n2)cc1.CCCCc1nc(Cl)c(C=O)n1Cc1ccc(-c2ccccc2-c2nn[nH]n2)cc1. The Morgan fingerprint density at radius 3 is 1.20 bits per heavy atom. The van der Waals surface area contributed by atoms with E-state index in [1.54, 1.807) is 0 Å². The molecule has 6 aromatic heterocycles. The van der Waals surface area contributed by atoms with Crippen molar-refractivity contribution in [2.75, 3.05) is 0 Å². The van der Waals surface area contributed by atoms with Gasteiger partial charge in [0, 0.05) is 42.7 Å². The predicted molar refractivity (Wildman–Crippen MR) is 348 cm³/mol. The number of H-pyrrole nitrogens is 3. The summed E-state index contributed by atoms with van der Waals surface area (Å²) >= 11 is 18.6. The Bertz CT molecular complexity index is 4350. The van der Waals surface area contributed by atoms with Crippen LogP contribution in [0.5, 0.6) is 0 Å². The zero-order valence-corrected chi connectivity index (χ0v) is 51.6. The third kappa shape index (κ3) is 14.9. The van der Waals surface area contributed by atoms with Crippen LogP contribution in [-0.2, 0) is 32.7 Å². The van der Waals surface area contributed by atoms with Crippen LogP contribution in [0.4, 0.5) is 0 Å². The number of nitrogens with one attached hydrogen (secondary N) is 3. The average molecular weight is 1260 g/mol. The molecule has 24 heteroatoms. The molecule has 0 fully saturated rings. The normalized spacial score (nSPS) is 11.2. The maximum atomic E-state index is 11.5. The van der Waals surface area contributed by atoms with Crippen molar-refractivity contribution in [3.05, 3.63) is 224 Å². The fourth-order valence-corrected chi connectivity index (χ4v) is 10.8. The highest BCUT2D eigenvalue weighted by atomic mass is 35.5. The monoisotopic (exact) mass is 1260 g/mol. The molecule has 6 heterocycles. The van der Waals surface area contributed by atoms with Crippen LogP contribution >= 0.6 is 34.8 Å². The van der Waals surface area contributed by atoms with Crippen molar-refractivity contribution in [2.24, 2.45) is 0 Å². The van der Waals surface area contributed by atoms with E-state index >= 15 is 0 Å². The maximum absolute atomic E-state index is 11.5. The van der Waals surface area contributed by atoms with Gasteiger partial charge in [0.05, 0.1) is 12.3 Å². The third-order valence-corrected chi connectivity index (χ3v) is 15.4. The summed E-state index contributed by atoms with van der Waals surface area (Å²) in [6, 6.07) is 48.4. The molecule has 0 aliphatic carbocycles. The number of imidazole rings is 3. The molecule has 4 N–H and O–H groups in total. The fraction of sp³-hybridized carbons (Fsp3) is 0.182. The highest BCUT2D eigenvalue weighted by Crippen LogP contribution is 2.34. The highest BCUT2D eigenvalue weighted by molar-refractivity contribution is 6.32. The van der Waals surface area contributed by atoms with Crippen LogP contribution in [0.25, 0.3) is 79.7 Å². The molecule has 0 aliphatic rings. The second-order valence-electron chi connectivity index (χ2n) is 20.4. The van der Waals surface area contributed by atoms with Crippen LogP contribution in [0.3, 0.4) is 0 Å². The van der Waals surface area contributed by atoms with Gasteiger partial charge in [-0.2, -0.15) is 15.6 Å². The Labute approximate surface area is 533 Å². The van der Waals surface area contributed by atoms with Crippen LogP contribution < -0.4 is 0 Å². The van der Waals surface area contributed by atoms with Gasteiger partial charge in [0.2, 0.25) is 17.5 Å². The summed E-state index contributed by atoms with van der Waals surface area (Å²) in [5, 5.41) is 53.6. The third-order valence-electron chi connectivity index (χ3n) is 14.6. The van der Waals surface area contributed by atoms with Crippen molar-refractivity contribution < 1.29 is 14.7 Å². The Morgan fingerprint density at radius 1 is 0.456 bits per heavy atom. The van der Waals surface area contributed by atoms with Crippen LogP contribution in [0, 0.1) is 0 Å². The lowest BCUT2D eigenvalue weighted by Gasteiger charge is -2.11. The minimum atomic E-state index is -0.165. The molecular formula is C66H61Cl3N18O3. The first-order chi connectivity index (χ1) is 44.1. The quantitative estimate of drug-likeness (QED) is 0.0459. The molecule has 0 spiro atoms. The molecule has 0 saturated carbocycles. The minimum absolute atomic E-state index is 0.165. The number of nitrogens with zero attached hydrogens (tertiary/aromatic N) is 15. The molecule has 0 atom stereocenters. The lowest BCUT2D eigenvalue weighted by Crippen LogP contribution is -2.08. The number of allylic oxidation sites excluding steroid dienone is 2. The Kier molecular flexibility index (Phi) is 21.4. The van der Waals surface area contributed by atoms with Crippen molar-refractivity contribution in [2.45, 2.75) is 79.1 Å². The van der Waals surface area contributed by atoms with E-state index in [1.807, 2.05) is 142 Å². The molecule has 0 amide bonds. The molecule has 6 aromatic carbocycles. The van der Waals surface area contributed by atoms with Crippen molar-refractivity contribution in [1.29, 1.82) is 0 Å². The zero-order chi connectivity index (χ0) is 62.8. The van der Waals surface area contributed by atoms with Gasteiger partial charge in [-0.25, -0.2) is 15.0 Å². The number of benzene rings is 6. The van der Waals surface area contributed by atoms with E-state index in [9.17, 15) is 14.7 Å². The van der Waals surface area contributed by atoms with Crippen molar-refractivity contribution in [3.63, 3.8) is 0 Å². The standard InChI is InChI=1S/2C22H21ClN6O.C22H19ClN6O/c3*1-2-3-8-20-24-21(23)19(14-30)29(20)13-15-9-11-16(12-10-15)17-6-4-5-7-18(17)22-25-27-28-26-22/h4-7,9-12,14H,2-3,8,13H2,1H3,(H,25,26,27,28);3-12,30H,2,13-14H2,1H3,(H,25,26,27,28);3-12,14H,2,13H2,1H3,(H,25,26,27,28)/b;2*8-3+. The number of tetrazole rings is 3. The van der Waals surface area contributed by atoms with E-state index in [4.69, 9.17) is 34.8 Å². The zero-order valence-electron chi connectivity index (χ0n) is 49.3. The van der Waals surface area contributed by atoms with Gasteiger partial charge < -0.3 is 18.8 Å². The number of hydrogen-bond acceptors (Lipinski definition) is 15. The molecule has 454 valence electrons. The molecule has 21 nitrogen and oxygen atoms in total. The van der Waals surface area contributed by atoms with E-state index in [0.29, 0.717) is 65.2 Å². The van der Waals surface area contributed by atoms with Gasteiger partial charge in [0.15, 0.2) is 28.0 Å².